The molecule has 2 aromatic rings. The summed E-state index contributed by atoms with van der Waals surface area (Å²) in [5, 5.41) is 4.76. The van der Waals surface area contributed by atoms with Crippen molar-refractivity contribution in [3.05, 3.63) is 47.7 Å². The van der Waals surface area contributed by atoms with Crippen molar-refractivity contribution < 1.29 is 4.74 Å². The van der Waals surface area contributed by atoms with Crippen molar-refractivity contribution in [2.45, 2.75) is 6.54 Å². The van der Waals surface area contributed by atoms with E-state index in [1.54, 1.807) is 12.3 Å². The van der Waals surface area contributed by atoms with Crippen molar-refractivity contribution in [1.82, 2.24) is 9.78 Å². The van der Waals surface area contributed by atoms with E-state index in [0.717, 1.165) is 12.3 Å². The van der Waals surface area contributed by atoms with Gasteiger partial charge in [-0.2, -0.15) is 5.10 Å². The van der Waals surface area contributed by atoms with Crippen LogP contribution in [0, 0.1) is 0 Å². The molecule has 3 nitrogen and oxygen atoms in total. The largest absolute Gasteiger partial charge is 0.492 e. The first kappa shape index (κ1) is 10.1. The molecule has 15 heavy (non-hydrogen) atoms. The van der Waals surface area contributed by atoms with Crippen molar-refractivity contribution in [2.75, 3.05) is 6.61 Å². The third-order valence-electron chi connectivity index (χ3n) is 1.94. The topological polar surface area (TPSA) is 27.1 Å². The Labute approximate surface area is 93.2 Å². The summed E-state index contributed by atoms with van der Waals surface area (Å²) in [6.45, 7) is 1.32. The van der Waals surface area contributed by atoms with Crippen molar-refractivity contribution in [3.63, 3.8) is 0 Å². The van der Waals surface area contributed by atoms with Crippen LogP contribution in [-0.2, 0) is 6.54 Å². The number of rotatable bonds is 4. The second kappa shape index (κ2) is 4.84. The van der Waals surface area contributed by atoms with Crippen molar-refractivity contribution in [3.8, 4) is 5.75 Å². The molecule has 2 rings (SSSR count). The molecule has 4 heteroatoms. The summed E-state index contributed by atoms with van der Waals surface area (Å²) in [5.74, 6) is 0.787. The maximum Gasteiger partial charge on any atom is 0.120 e. The zero-order valence-corrected chi connectivity index (χ0v) is 8.89. The molecule has 78 valence electrons. The van der Waals surface area contributed by atoms with E-state index in [1.807, 2.05) is 35.1 Å². The van der Waals surface area contributed by atoms with Crippen molar-refractivity contribution in [1.29, 1.82) is 0 Å². The molecule has 0 amide bonds. The van der Waals surface area contributed by atoms with Gasteiger partial charge >= 0.3 is 0 Å². The number of hydrogen-bond acceptors (Lipinski definition) is 2. The summed E-state index contributed by atoms with van der Waals surface area (Å²) in [7, 11) is 0. The molecule has 0 atom stereocenters. The fourth-order valence-electron chi connectivity index (χ4n) is 1.25. The molecule has 0 aliphatic heterocycles. The Balaban J connectivity index is 1.83. The fourth-order valence-corrected chi connectivity index (χ4v) is 1.43. The number of benzene rings is 1. The molecule has 0 N–H and O–H groups in total. The second-order valence-electron chi connectivity index (χ2n) is 3.07. The van der Waals surface area contributed by atoms with Gasteiger partial charge in [0.15, 0.2) is 0 Å². The standard InChI is InChI=1S/C11H11ClN2O/c12-10-3-1-4-11(9-10)15-8-7-14-6-2-5-13-14/h1-6,9H,7-8H2. The normalized spacial score (nSPS) is 10.2. The van der Waals surface area contributed by atoms with Crippen LogP contribution in [0.15, 0.2) is 42.7 Å². The van der Waals surface area contributed by atoms with Gasteiger partial charge in [-0.3, -0.25) is 4.68 Å². The van der Waals surface area contributed by atoms with E-state index in [0.29, 0.717) is 11.6 Å². The number of nitrogens with zero attached hydrogens (tertiary/aromatic N) is 2. The van der Waals surface area contributed by atoms with Crippen LogP contribution in [0.4, 0.5) is 0 Å². The Kier molecular flexibility index (Phi) is 3.25. The zero-order valence-electron chi connectivity index (χ0n) is 8.14. The van der Waals surface area contributed by atoms with Crippen LogP contribution in [-0.4, -0.2) is 16.4 Å². The molecule has 0 aliphatic carbocycles. The zero-order chi connectivity index (χ0) is 10.5. The van der Waals surface area contributed by atoms with Crippen LogP contribution >= 0.6 is 11.6 Å². The molecule has 0 saturated heterocycles. The Morgan fingerprint density at radius 2 is 2.27 bits per heavy atom. The lowest BCUT2D eigenvalue weighted by Gasteiger charge is -2.06. The molecule has 0 unspecified atom stereocenters. The van der Waals surface area contributed by atoms with Gasteiger partial charge in [-0.25, -0.2) is 0 Å². The van der Waals surface area contributed by atoms with Gasteiger partial charge in [0.25, 0.3) is 0 Å². The van der Waals surface area contributed by atoms with E-state index in [9.17, 15) is 0 Å². The van der Waals surface area contributed by atoms with Crippen LogP contribution in [0.3, 0.4) is 0 Å². The number of hydrogen-bond donors (Lipinski definition) is 0. The first-order valence-corrected chi connectivity index (χ1v) is 5.08. The Hall–Kier alpha value is -1.48. The van der Waals surface area contributed by atoms with Gasteiger partial charge < -0.3 is 4.74 Å². The van der Waals surface area contributed by atoms with Gasteiger partial charge in [0.05, 0.1) is 6.54 Å². The summed E-state index contributed by atoms with van der Waals surface area (Å²) in [5.41, 5.74) is 0. The molecule has 0 bridgehead atoms. The number of halogens is 1. The van der Waals surface area contributed by atoms with Crippen LogP contribution in [0.2, 0.25) is 5.02 Å². The minimum atomic E-state index is 0.585. The molecule has 0 radical (unpaired) electrons. The predicted octanol–water partition coefficient (Wildman–Crippen LogP) is 2.62. The van der Waals surface area contributed by atoms with E-state index in [-0.39, 0.29) is 0 Å². The average molecular weight is 223 g/mol. The van der Waals surface area contributed by atoms with Crippen LogP contribution in [0.25, 0.3) is 0 Å². The van der Waals surface area contributed by atoms with Crippen LogP contribution in [0.5, 0.6) is 5.75 Å². The molecule has 0 aliphatic rings. The lowest BCUT2D eigenvalue weighted by molar-refractivity contribution is 0.291. The highest BCUT2D eigenvalue weighted by atomic mass is 35.5. The van der Waals surface area contributed by atoms with Crippen LogP contribution < -0.4 is 4.74 Å². The third kappa shape index (κ3) is 2.99. The molecular weight excluding hydrogens is 212 g/mol. The smallest absolute Gasteiger partial charge is 0.120 e. The second-order valence-corrected chi connectivity index (χ2v) is 3.51. The first-order chi connectivity index (χ1) is 7.34. The molecule has 0 fully saturated rings. The summed E-state index contributed by atoms with van der Waals surface area (Å²) >= 11 is 5.83. The first-order valence-electron chi connectivity index (χ1n) is 4.70. The Bertz CT molecular complexity index is 414. The minimum Gasteiger partial charge on any atom is -0.492 e. The minimum absolute atomic E-state index is 0.585. The number of aromatic nitrogens is 2. The molecular formula is C11H11ClN2O. The van der Waals surface area contributed by atoms with Gasteiger partial charge in [-0.05, 0) is 24.3 Å². The molecule has 0 spiro atoms. The van der Waals surface area contributed by atoms with Gasteiger partial charge in [-0.15, -0.1) is 0 Å². The highest BCUT2D eigenvalue weighted by molar-refractivity contribution is 6.30. The van der Waals surface area contributed by atoms with E-state index >= 15 is 0 Å². The van der Waals surface area contributed by atoms with Crippen LogP contribution in [0.1, 0.15) is 0 Å². The monoisotopic (exact) mass is 222 g/mol. The van der Waals surface area contributed by atoms with E-state index in [1.165, 1.54) is 0 Å². The fraction of sp³-hybridized carbons (Fsp3) is 0.182. The maximum atomic E-state index is 5.83. The van der Waals surface area contributed by atoms with Crippen molar-refractivity contribution >= 4 is 11.6 Å². The predicted molar refractivity (Wildman–Crippen MR) is 59.2 cm³/mol. The molecule has 1 aromatic heterocycles. The highest BCUT2D eigenvalue weighted by Crippen LogP contribution is 2.16. The van der Waals surface area contributed by atoms with E-state index in [4.69, 9.17) is 16.3 Å². The molecule has 0 saturated carbocycles. The quantitative estimate of drug-likeness (QED) is 0.795. The SMILES string of the molecule is Clc1cccc(OCCn2cccn2)c1. The average Bonchev–Trinajstić information content (AvgIpc) is 2.71. The lowest BCUT2D eigenvalue weighted by atomic mass is 10.3. The van der Waals surface area contributed by atoms with Gasteiger partial charge in [0.2, 0.25) is 0 Å². The van der Waals surface area contributed by atoms with E-state index in [2.05, 4.69) is 5.10 Å². The van der Waals surface area contributed by atoms with E-state index < -0.39 is 0 Å². The van der Waals surface area contributed by atoms with Gasteiger partial charge in [-0.1, -0.05) is 17.7 Å². The third-order valence-corrected chi connectivity index (χ3v) is 2.18. The maximum absolute atomic E-state index is 5.83. The molecule has 1 aromatic carbocycles. The summed E-state index contributed by atoms with van der Waals surface area (Å²) in [4.78, 5) is 0. The molecule has 1 heterocycles. The summed E-state index contributed by atoms with van der Waals surface area (Å²) in [6.07, 6.45) is 3.65. The van der Waals surface area contributed by atoms with Crippen molar-refractivity contribution in [2.24, 2.45) is 0 Å². The van der Waals surface area contributed by atoms with Gasteiger partial charge in [0.1, 0.15) is 12.4 Å². The Morgan fingerprint density at radius 1 is 1.33 bits per heavy atom. The summed E-state index contributed by atoms with van der Waals surface area (Å²) < 4.78 is 7.34. The van der Waals surface area contributed by atoms with Gasteiger partial charge in [0, 0.05) is 17.4 Å². The highest BCUT2D eigenvalue weighted by Gasteiger charge is 1.95. The Morgan fingerprint density at radius 3 is 3.00 bits per heavy atom. The lowest BCUT2D eigenvalue weighted by Crippen LogP contribution is -2.08. The number of ether oxygens (including phenoxy) is 1. The summed E-state index contributed by atoms with van der Waals surface area (Å²) in [6, 6.07) is 9.26.